The summed E-state index contributed by atoms with van der Waals surface area (Å²) in [5.41, 5.74) is 0.633. The number of benzene rings is 1. The molecule has 0 radical (unpaired) electrons. The highest BCUT2D eigenvalue weighted by molar-refractivity contribution is 6.19. The lowest BCUT2D eigenvalue weighted by atomic mass is 10.2. The van der Waals surface area contributed by atoms with E-state index in [1.54, 1.807) is 0 Å². The predicted molar refractivity (Wildman–Crippen MR) is 87.9 cm³/mol. The highest BCUT2D eigenvalue weighted by atomic mass is 16.5. The summed E-state index contributed by atoms with van der Waals surface area (Å²) in [6, 6.07) is 5.90. The van der Waals surface area contributed by atoms with E-state index >= 15 is 0 Å². The van der Waals surface area contributed by atoms with Gasteiger partial charge in [0.2, 0.25) is 11.8 Å². The molecule has 8 heteroatoms. The molecule has 1 aliphatic heterocycles. The lowest BCUT2D eigenvalue weighted by molar-refractivity contribution is -0.129. The van der Waals surface area contributed by atoms with Crippen LogP contribution in [0, 0.1) is 0 Å². The van der Waals surface area contributed by atoms with Crippen LogP contribution in [0.25, 0.3) is 0 Å². The molecular formula is C17H20N2O6. The van der Waals surface area contributed by atoms with Crippen molar-refractivity contribution in [2.75, 3.05) is 25.2 Å². The van der Waals surface area contributed by atoms with Crippen LogP contribution in [-0.4, -0.2) is 50.1 Å². The number of hydrogen-bond donors (Lipinski definition) is 1. The average Bonchev–Trinajstić information content (AvgIpc) is 2.93. The van der Waals surface area contributed by atoms with Crippen LogP contribution in [0.5, 0.6) is 0 Å². The maximum atomic E-state index is 12.1. The number of hydrogen-bond acceptors (Lipinski definition) is 6. The number of anilines is 1. The van der Waals surface area contributed by atoms with Gasteiger partial charge in [0.25, 0.3) is 5.91 Å². The smallest absolute Gasteiger partial charge is 0.338 e. The summed E-state index contributed by atoms with van der Waals surface area (Å²) in [5, 5.41) is 2.57. The number of amides is 3. The highest BCUT2D eigenvalue weighted by Crippen LogP contribution is 2.23. The molecule has 1 fully saturated rings. The van der Waals surface area contributed by atoms with Crippen molar-refractivity contribution >= 4 is 29.4 Å². The molecule has 25 heavy (non-hydrogen) atoms. The quantitative estimate of drug-likeness (QED) is 0.441. The topological polar surface area (TPSA) is 102 Å². The van der Waals surface area contributed by atoms with Gasteiger partial charge in [0.1, 0.15) is 0 Å². The van der Waals surface area contributed by atoms with E-state index < -0.39 is 18.0 Å². The van der Waals surface area contributed by atoms with Gasteiger partial charge in [0.05, 0.1) is 17.9 Å². The molecule has 2 rings (SSSR count). The molecule has 0 aliphatic carbocycles. The molecule has 3 amide bonds. The Kier molecular flexibility index (Phi) is 6.24. The maximum Gasteiger partial charge on any atom is 0.338 e. The van der Waals surface area contributed by atoms with Crippen LogP contribution in [0.1, 0.15) is 30.1 Å². The Morgan fingerprint density at radius 1 is 1.16 bits per heavy atom. The molecule has 1 atom stereocenters. The monoisotopic (exact) mass is 348 g/mol. The number of nitrogens with zero attached hydrogens (tertiary/aromatic N) is 1. The molecule has 1 aromatic carbocycles. The van der Waals surface area contributed by atoms with Gasteiger partial charge in [0, 0.05) is 26.5 Å². The lowest BCUT2D eigenvalue weighted by Crippen LogP contribution is -2.37. The number of carbonyl (C=O) groups excluding carboxylic acids is 4. The van der Waals surface area contributed by atoms with Gasteiger partial charge < -0.3 is 14.8 Å². The number of rotatable bonds is 7. The summed E-state index contributed by atoms with van der Waals surface area (Å²) in [6.07, 6.45) is -0.567. The Hall–Kier alpha value is -2.74. The van der Waals surface area contributed by atoms with Gasteiger partial charge >= 0.3 is 5.97 Å². The van der Waals surface area contributed by atoms with Crippen LogP contribution >= 0.6 is 0 Å². The third kappa shape index (κ3) is 4.63. The van der Waals surface area contributed by atoms with E-state index in [1.807, 2.05) is 0 Å². The van der Waals surface area contributed by atoms with E-state index in [0.717, 1.165) is 4.90 Å². The molecule has 1 saturated heterocycles. The summed E-state index contributed by atoms with van der Waals surface area (Å²) < 4.78 is 9.91. The Labute approximate surface area is 145 Å². The highest BCUT2D eigenvalue weighted by Gasteiger charge is 2.30. The minimum Gasteiger partial charge on any atom is -0.449 e. The minimum atomic E-state index is -0.953. The predicted octanol–water partition coefficient (Wildman–Crippen LogP) is 0.648. The first-order valence-corrected chi connectivity index (χ1v) is 7.87. The number of methoxy groups -OCH3 is 1. The third-order valence-corrected chi connectivity index (χ3v) is 3.67. The zero-order chi connectivity index (χ0) is 18.4. The molecule has 0 spiro atoms. The van der Waals surface area contributed by atoms with E-state index in [-0.39, 0.29) is 30.2 Å². The molecular weight excluding hydrogens is 328 g/mol. The standard InChI is InChI=1S/C17H20N2O6/c1-11(16(22)18-9-10-24-2)25-17(23)12-3-5-13(6-4-12)19-14(20)7-8-15(19)21/h3-6,11H,7-10H2,1-2H3,(H,18,22)/t11-/m0/s1. The zero-order valence-electron chi connectivity index (χ0n) is 14.1. The second kappa shape index (κ2) is 8.39. The van der Waals surface area contributed by atoms with Gasteiger partial charge in [-0.1, -0.05) is 0 Å². The Morgan fingerprint density at radius 2 is 1.76 bits per heavy atom. The zero-order valence-corrected chi connectivity index (χ0v) is 14.1. The van der Waals surface area contributed by atoms with Crippen LogP contribution in [-0.2, 0) is 23.9 Å². The van der Waals surface area contributed by atoms with Crippen LogP contribution in [0.15, 0.2) is 24.3 Å². The molecule has 1 aromatic rings. The Bertz CT molecular complexity index is 654. The molecule has 0 bridgehead atoms. The Morgan fingerprint density at radius 3 is 2.32 bits per heavy atom. The van der Waals surface area contributed by atoms with Crippen LogP contribution in [0.3, 0.4) is 0 Å². The van der Waals surface area contributed by atoms with Crippen LogP contribution in [0.4, 0.5) is 5.69 Å². The van der Waals surface area contributed by atoms with Crippen molar-refractivity contribution in [1.29, 1.82) is 0 Å². The van der Waals surface area contributed by atoms with E-state index in [4.69, 9.17) is 9.47 Å². The first-order chi connectivity index (χ1) is 11.9. The first kappa shape index (κ1) is 18.6. The van der Waals surface area contributed by atoms with Gasteiger partial charge in [-0.05, 0) is 31.2 Å². The van der Waals surface area contributed by atoms with Gasteiger partial charge in [-0.3, -0.25) is 19.3 Å². The average molecular weight is 348 g/mol. The van der Waals surface area contributed by atoms with Gasteiger partial charge in [-0.2, -0.15) is 0 Å². The minimum absolute atomic E-state index is 0.193. The molecule has 1 aliphatic rings. The molecule has 1 heterocycles. The van der Waals surface area contributed by atoms with Crippen molar-refractivity contribution in [3.63, 3.8) is 0 Å². The lowest BCUT2D eigenvalue weighted by Gasteiger charge is -2.15. The Balaban J connectivity index is 1.95. The fourth-order valence-electron chi connectivity index (χ4n) is 2.31. The van der Waals surface area contributed by atoms with Crippen molar-refractivity contribution in [1.82, 2.24) is 5.32 Å². The van der Waals surface area contributed by atoms with Gasteiger partial charge in [-0.25, -0.2) is 4.79 Å². The SMILES string of the molecule is COCCNC(=O)[C@H](C)OC(=O)c1ccc(N2C(=O)CCC2=O)cc1. The number of nitrogens with one attached hydrogen (secondary N) is 1. The van der Waals surface area contributed by atoms with E-state index in [0.29, 0.717) is 18.8 Å². The van der Waals surface area contributed by atoms with Gasteiger partial charge in [0.15, 0.2) is 6.10 Å². The van der Waals surface area contributed by atoms with Crippen molar-refractivity contribution < 1.29 is 28.7 Å². The first-order valence-electron chi connectivity index (χ1n) is 7.87. The summed E-state index contributed by atoms with van der Waals surface area (Å²) in [4.78, 5) is 48.3. The maximum absolute atomic E-state index is 12.1. The number of carbonyl (C=O) groups is 4. The van der Waals surface area contributed by atoms with E-state index in [1.165, 1.54) is 38.3 Å². The second-order valence-corrected chi connectivity index (χ2v) is 5.50. The molecule has 0 aromatic heterocycles. The second-order valence-electron chi connectivity index (χ2n) is 5.50. The van der Waals surface area contributed by atoms with Crippen molar-refractivity contribution in [2.45, 2.75) is 25.9 Å². The van der Waals surface area contributed by atoms with Gasteiger partial charge in [-0.15, -0.1) is 0 Å². The summed E-state index contributed by atoms with van der Waals surface area (Å²) in [5.74, 6) is -1.61. The van der Waals surface area contributed by atoms with E-state index in [2.05, 4.69) is 5.32 Å². The van der Waals surface area contributed by atoms with E-state index in [9.17, 15) is 19.2 Å². The summed E-state index contributed by atoms with van der Waals surface area (Å²) >= 11 is 0. The largest absolute Gasteiger partial charge is 0.449 e. The summed E-state index contributed by atoms with van der Waals surface area (Å²) in [7, 11) is 1.52. The van der Waals surface area contributed by atoms with Crippen molar-refractivity contribution in [3.8, 4) is 0 Å². The van der Waals surface area contributed by atoms with Crippen LogP contribution in [0.2, 0.25) is 0 Å². The molecule has 1 N–H and O–H groups in total. The normalized spacial score (nSPS) is 15.2. The van der Waals surface area contributed by atoms with Crippen molar-refractivity contribution in [2.24, 2.45) is 0 Å². The molecule has 0 unspecified atom stereocenters. The number of ether oxygens (including phenoxy) is 2. The van der Waals surface area contributed by atoms with Crippen LogP contribution < -0.4 is 10.2 Å². The fourth-order valence-corrected chi connectivity index (χ4v) is 2.31. The molecule has 0 saturated carbocycles. The number of imide groups is 1. The third-order valence-electron chi connectivity index (χ3n) is 3.67. The molecule has 134 valence electrons. The molecule has 8 nitrogen and oxygen atoms in total. The fraction of sp³-hybridized carbons (Fsp3) is 0.412. The number of esters is 1. The van der Waals surface area contributed by atoms with Crippen molar-refractivity contribution in [3.05, 3.63) is 29.8 Å². The summed E-state index contributed by atoms with van der Waals surface area (Å²) in [6.45, 7) is 2.15.